The van der Waals surface area contributed by atoms with Crippen molar-refractivity contribution in [3.63, 3.8) is 0 Å². The molecule has 2 atom stereocenters. The molecule has 4 heteroatoms. The Morgan fingerprint density at radius 2 is 2.23 bits per heavy atom. The maximum absolute atomic E-state index is 8.41. The van der Waals surface area contributed by atoms with Gasteiger partial charge in [-0.3, -0.25) is 0 Å². The monoisotopic (exact) mass is 237 g/mol. The molecule has 0 heterocycles. The summed E-state index contributed by atoms with van der Waals surface area (Å²) >= 11 is 3.52. The number of hydrogen-bond acceptors (Lipinski definition) is 1. The fraction of sp³-hybridized carbons (Fsp3) is 0.333. The Morgan fingerprint density at radius 3 is 3.00 bits per heavy atom. The van der Waals surface area contributed by atoms with Crippen molar-refractivity contribution in [3.05, 3.63) is 45.8 Å². The third kappa shape index (κ3) is 1.43. The van der Waals surface area contributed by atoms with Gasteiger partial charge in [-0.2, -0.15) is 0 Å². The first-order valence-corrected chi connectivity index (χ1v) is 5.00. The quantitative estimate of drug-likeness (QED) is 0.312. The number of nitrogens with zero attached hydrogens (tertiary/aromatic N) is 3. The van der Waals surface area contributed by atoms with Crippen LogP contribution in [0.2, 0.25) is 0 Å². The van der Waals surface area contributed by atoms with Gasteiger partial charge in [0, 0.05) is 9.74 Å². The summed E-state index contributed by atoms with van der Waals surface area (Å²) in [5.74, 6) is 0. The lowest BCUT2D eigenvalue weighted by Gasteiger charge is -2.06. The van der Waals surface area contributed by atoms with Crippen molar-refractivity contribution < 1.29 is 0 Å². The van der Waals surface area contributed by atoms with Crippen molar-refractivity contribution >= 4 is 15.9 Å². The van der Waals surface area contributed by atoms with E-state index in [0.29, 0.717) is 0 Å². The van der Waals surface area contributed by atoms with E-state index in [-0.39, 0.29) is 10.9 Å². The van der Waals surface area contributed by atoms with E-state index in [1.165, 1.54) is 5.56 Å². The zero-order valence-corrected chi connectivity index (χ0v) is 8.48. The van der Waals surface area contributed by atoms with Crippen molar-refractivity contribution in [2.75, 3.05) is 0 Å². The van der Waals surface area contributed by atoms with Crippen LogP contribution in [0.1, 0.15) is 17.2 Å². The molecule has 0 saturated heterocycles. The summed E-state index contributed by atoms with van der Waals surface area (Å²) < 4.78 is 0. The molecule has 3 nitrogen and oxygen atoms in total. The van der Waals surface area contributed by atoms with Crippen molar-refractivity contribution in [2.45, 2.75) is 17.3 Å². The Balaban J connectivity index is 2.46. The normalized spacial score (nSPS) is 25.0. The van der Waals surface area contributed by atoms with Crippen LogP contribution in [-0.2, 0) is 6.42 Å². The largest absolute Gasteiger partial charge is 0.0879 e. The fourth-order valence-corrected chi connectivity index (χ4v) is 2.45. The molecule has 66 valence electrons. The number of benzene rings is 1. The molecular weight excluding hydrogens is 230 g/mol. The molecular formula is C9H8BrN3. The van der Waals surface area contributed by atoms with Crippen molar-refractivity contribution in [3.8, 4) is 0 Å². The molecule has 0 fully saturated rings. The zero-order valence-electron chi connectivity index (χ0n) is 6.89. The first-order chi connectivity index (χ1) is 6.33. The molecule has 0 radical (unpaired) electrons. The van der Waals surface area contributed by atoms with Gasteiger partial charge in [-0.1, -0.05) is 45.3 Å². The minimum Gasteiger partial charge on any atom is -0.0879 e. The lowest BCUT2D eigenvalue weighted by atomic mass is 10.1. The Labute approximate surface area is 84.5 Å². The summed E-state index contributed by atoms with van der Waals surface area (Å²) in [6.07, 6.45) is 0.944. The molecule has 13 heavy (non-hydrogen) atoms. The molecule has 0 bridgehead atoms. The van der Waals surface area contributed by atoms with E-state index in [2.05, 4.69) is 32.0 Å². The minimum atomic E-state index is -0.0406. The van der Waals surface area contributed by atoms with Gasteiger partial charge in [-0.15, -0.1) is 0 Å². The van der Waals surface area contributed by atoms with Crippen molar-refractivity contribution in [2.24, 2.45) is 5.11 Å². The van der Waals surface area contributed by atoms with E-state index >= 15 is 0 Å². The summed E-state index contributed by atoms with van der Waals surface area (Å²) in [5.41, 5.74) is 10.8. The highest BCUT2D eigenvalue weighted by Crippen LogP contribution is 2.38. The second kappa shape index (κ2) is 3.40. The zero-order chi connectivity index (χ0) is 9.26. The summed E-state index contributed by atoms with van der Waals surface area (Å²) in [5, 5.41) is 3.78. The Bertz CT molecular complexity index is 371. The van der Waals surface area contributed by atoms with E-state index in [1.54, 1.807) is 0 Å². The summed E-state index contributed by atoms with van der Waals surface area (Å²) in [6.45, 7) is 0. The maximum atomic E-state index is 8.41. The standard InChI is InChI=1S/C9H8BrN3/c10-8-5-6-3-1-2-4-7(6)9(8)12-13-11/h1-4,8-9H,5H2/t8-,9-/m1/s1. The van der Waals surface area contributed by atoms with Gasteiger partial charge in [0.2, 0.25) is 0 Å². The third-order valence-corrected chi connectivity index (χ3v) is 3.13. The average molecular weight is 238 g/mol. The topological polar surface area (TPSA) is 48.8 Å². The Hall–Kier alpha value is -0.990. The van der Waals surface area contributed by atoms with Crippen molar-refractivity contribution in [1.29, 1.82) is 0 Å². The van der Waals surface area contributed by atoms with E-state index in [1.807, 2.05) is 18.2 Å². The second-order valence-electron chi connectivity index (χ2n) is 3.07. The molecule has 0 aromatic heterocycles. The first kappa shape index (κ1) is 8.60. The molecule has 1 aliphatic rings. The van der Waals surface area contributed by atoms with E-state index in [0.717, 1.165) is 12.0 Å². The Kier molecular flexibility index (Phi) is 2.25. The number of alkyl halides is 1. The SMILES string of the molecule is [N-]=[N+]=N[C@@H]1c2ccccc2C[C@H]1Br. The first-order valence-electron chi connectivity index (χ1n) is 4.09. The number of rotatable bonds is 1. The van der Waals surface area contributed by atoms with Gasteiger partial charge in [0.25, 0.3) is 0 Å². The molecule has 1 aliphatic carbocycles. The number of azide groups is 1. The van der Waals surface area contributed by atoms with Gasteiger partial charge < -0.3 is 0 Å². The molecule has 0 N–H and O–H groups in total. The molecule has 1 aromatic rings. The van der Waals surface area contributed by atoms with E-state index in [9.17, 15) is 0 Å². The van der Waals surface area contributed by atoms with Gasteiger partial charge in [0.1, 0.15) is 0 Å². The van der Waals surface area contributed by atoms with Gasteiger partial charge >= 0.3 is 0 Å². The average Bonchev–Trinajstić information content (AvgIpc) is 2.44. The molecule has 0 aliphatic heterocycles. The molecule has 0 spiro atoms. The smallest absolute Gasteiger partial charge is 0.0756 e. The predicted molar refractivity (Wildman–Crippen MR) is 54.7 cm³/mol. The number of halogens is 1. The van der Waals surface area contributed by atoms with Crippen LogP contribution in [0.3, 0.4) is 0 Å². The number of fused-ring (bicyclic) bond motifs is 1. The van der Waals surface area contributed by atoms with Crippen LogP contribution in [0.15, 0.2) is 29.4 Å². The number of hydrogen-bond donors (Lipinski definition) is 0. The lowest BCUT2D eigenvalue weighted by molar-refractivity contribution is 0.735. The maximum Gasteiger partial charge on any atom is 0.0756 e. The van der Waals surface area contributed by atoms with Gasteiger partial charge in [0.15, 0.2) is 0 Å². The van der Waals surface area contributed by atoms with Gasteiger partial charge in [-0.25, -0.2) is 0 Å². The van der Waals surface area contributed by atoms with E-state index in [4.69, 9.17) is 5.53 Å². The highest BCUT2D eigenvalue weighted by molar-refractivity contribution is 9.09. The third-order valence-electron chi connectivity index (χ3n) is 2.31. The van der Waals surface area contributed by atoms with Crippen LogP contribution in [-0.4, -0.2) is 4.83 Å². The lowest BCUT2D eigenvalue weighted by Crippen LogP contribution is -2.01. The Morgan fingerprint density at radius 1 is 1.46 bits per heavy atom. The van der Waals surface area contributed by atoms with Gasteiger partial charge in [0.05, 0.1) is 6.04 Å². The van der Waals surface area contributed by atoms with Crippen LogP contribution in [0.5, 0.6) is 0 Å². The van der Waals surface area contributed by atoms with Gasteiger partial charge in [-0.05, 0) is 23.1 Å². The minimum absolute atomic E-state index is 0.0406. The summed E-state index contributed by atoms with van der Waals surface area (Å²) in [4.78, 5) is 3.11. The second-order valence-corrected chi connectivity index (χ2v) is 4.24. The van der Waals surface area contributed by atoms with Crippen LogP contribution in [0.25, 0.3) is 10.4 Å². The van der Waals surface area contributed by atoms with Crippen LogP contribution in [0, 0.1) is 0 Å². The van der Waals surface area contributed by atoms with Crippen LogP contribution < -0.4 is 0 Å². The van der Waals surface area contributed by atoms with Crippen molar-refractivity contribution in [1.82, 2.24) is 0 Å². The fourth-order valence-electron chi connectivity index (χ4n) is 1.72. The summed E-state index contributed by atoms with van der Waals surface area (Å²) in [6, 6.07) is 8.05. The highest BCUT2D eigenvalue weighted by Gasteiger charge is 2.28. The van der Waals surface area contributed by atoms with Crippen LogP contribution >= 0.6 is 15.9 Å². The molecule has 2 rings (SSSR count). The van der Waals surface area contributed by atoms with E-state index < -0.39 is 0 Å². The predicted octanol–water partition coefficient (Wildman–Crippen LogP) is 3.36. The molecule has 0 unspecified atom stereocenters. The highest BCUT2D eigenvalue weighted by atomic mass is 79.9. The van der Waals surface area contributed by atoms with Crippen LogP contribution in [0.4, 0.5) is 0 Å². The molecule has 1 aromatic carbocycles. The molecule has 0 amide bonds. The molecule has 0 saturated carbocycles. The summed E-state index contributed by atoms with van der Waals surface area (Å²) in [7, 11) is 0.